The summed E-state index contributed by atoms with van der Waals surface area (Å²) >= 11 is 0. The monoisotopic (exact) mass is 268 g/mol. The summed E-state index contributed by atoms with van der Waals surface area (Å²) in [6.45, 7) is 5.28. The van der Waals surface area contributed by atoms with Gasteiger partial charge in [-0.3, -0.25) is 0 Å². The van der Waals surface area contributed by atoms with Crippen LogP contribution in [-0.2, 0) is 16.5 Å². The van der Waals surface area contributed by atoms with E-state index in [1.54, 1.807) is 32.4 Å². The Bertz CT molecular complexity index is 510. The van der Waals surface area contributed by atoms with Gasteiger partial charge in [0, 0.05) is 6.92 Å². The summed E-state index contributed by atoms with van der Waals surface area (Å²) in [5.41, 5.74) is 0.290. The predicted octanol–water partition coefficient (Wildman–Crippen LogP) is 0.879. The molecule has 0 saturated heterocycles. The fourth-order valence-electron chi connectivity index (χ4n) is 1.60. The zero-order chi connectivity index (χ0) is 14.6. The summed E-state index contributed by atoms with van der Waals surface area (Å²) in [4.78, 5) is 23.7. The van der Waals surface area contributed by atoms with E-state index < -0.39 is 11.9 Å². The van der Waals surface area contributed by atoms with E-state index in [-0.39, 0.29) is 30.1 Å². The largest absolute Gasteiger partial charge is 0.502 e. The lowest BCUT2D eigenvalue weighted by Crippen LogP contribution is -2.34. The van der Waals surface area contributed by atoms with Gasteiger partial charge in [-0.2, -0.15) is 0 Å². The maximum atomic E-state index is 11.9. The van der Waals surface area contributed by atoms with E-state index in [0.29, 0.717) is 5.69 Å². The van der Waals surface area contributed by atoms with Crippen LogP contribution in [0.1, 0.15) is 40.3 Å². The number of aromatic hydroxyl groups is 1. The Morgan fingerprint density at radius 2 is 1.74 bits per heavy atom. The van der Waals surface area contributed by atoms with Crippen molar-refractivity contribution >= 4 is 11.9 Å². The number of aromatic nitrogens is 1. The molecule has 104 valence electrons. The number of esters is 2. The van der Waals surface area contributed by atoms with Crippen molar-refractivity contribution in [1.82, 2.24) is 0 Å². The fourth-order valence-corrected chi connectivity index (χ4v) is 1.60. The average Bonchev–Trinajstić information content (AvgIpc) is 2.35. The highest BCUT2D eigenvalue weighted by Gasteiger charge is 2.30. The molecule has 0 saturated carbocycles. The number of pyridine rings is 1. The van der Waals surface area contributed by atoms with Gasteiger partial charge in [0.05, 0.1) is 13.2 Å². The van der Waals surface area contributed by atoms with E-state index in [9.17, 15) is 14.7 Å². The van der Waals surface area contributed by atoms with Crippen LogP contribution in [0.2, 0.25) is 0 Å². The number of nitrogens with zero attached hydrogens (tertiary/aromatic N) is 1. The lowest BCUT2D eigenvalue weighted by atomic mass is 10.1. The van der Waals surface area contributed by atoms with Crippen molar-refractivity contribution in [2.75, 3.05) is 13.2 Å². The maximum absolute atomic E-state index is 11.9. The first-order valence-electron chi connectivity index (χ1n) is 6.00. The molecule has 0 fully saturated rings. The minimum atomic E-state index is -0.744. The number of ether oxygens (including phenoxy) is 2. The summed E-state index contributed by atoms with van der Waals surface area (Å²) in [5, 5.41) is 10.0. The second kappa shape index (κ2) is 6.17. The standard InChI is InChI=1S/C13H17NO5/c1-5-18-12(16)9-7-14(4)8(3)11(15)10(9)13(17)19-6-2/h7H,5-6H2,1-4H3/p+1. The van der Waals surface area contributed by atoms with Crippen LogP contribution in [0.3, 0.4) is 0 Å². The number of carbonyl (C=O) groups excluding carboxylic acids is 2. The highest BCUT2D eigenvalue weighted by Crippen LogP contribution is 2.24. The topological polar surface area (TPSA) is 76.7 Å². The highest BCUT2D eigenvalue weighted by molar-refractivity contribution is 6.04. The molecule has 0 aliphatic heterocycles. The molecule has 0 aliphatic carbocycles. The lowest BCUT2D eigenvalue weighted by Gasteiger charge is -2.10. The molecule has 0 amide bonds. The van der Waals surface area contributed by atoms with E-state index in [2.05, 4.69) is 0 Å². The van der Waals surface area contributed by atoms with Crippen LogP contribution >= 0.6 is 0 Å². The smallest absolute Gasteiger partial charge is 0.345 e. The summed E-state index contributed by atoms with van der Waals surface area (Å²) in [6.07, 6.45) is 1.44. The van der Waals surface area contributed by atoms with Gasteiger partial charge in [0.25, 0.3) is 0 Å². The Hall–Kier alpha value is -2.11. The molecule has 0 atom stereocenters. The van der Waals surface area contributed by atoms with Gasteiger partial charge in [-0.1, -0.05) is 0 Å². The van der Waals surface area contributed by atoms with Gasteiger partial charge in [-0.15, -0.1) is 0 Å². The number of carbonyl (C=O) groups is 2. The number of hydrogen-bond acceptors (Lipinski definition) is 5. The fraction of sp³-hybridized carbons (Fsp3) is 0.462. The molecule has 0 unspecified atom stereocenters. The molecule has 1 aromatic rings. The Morgan fingerprint density at radius 1 is 1.21 bits per heavy atom. The SMILES string of the molecule is CCOC(=O)c1c[n+](C)c(C)c(O)c1C(=O)OCC. The molecule has 0 spiro atoms. The molecule has 1 N–H and O–H groups in total. The molecule has 1 heterocycles. The quantitative estimate of drug-likeness (QED) is 0.648. The molecule has 0 aromatic carbocycles. The molecule has 6 heteroatoms. The van der Waals surface area contributed by atoms with Crippen molar-refractivity contribution in [3.8, 4) is 5.75 Å². The molecular weight excluding hydrogens is 250 g/mol. The normalized spacial score (nSPS) is 10.1. The van der Waals surface area contributed by atoms with Crippen LogP contribution in [0.15, 0.2) is 6.20 Å². The number of aryl methyl sites for hydroxylation is 1. The van der Waals surface area contributed by atoms with Crippen molar-refractivity contribution in [2.24, 2.45) is 7.05 Å². The third-order valence-corrected chi connectivity index (χ3v) is 2.68. The molecule has 6 nitrogen and oxygen atoms in total. The predicted molar refractivity (Wildman–Crippen MR) is 65.9 cm³/mol. The van der Waals surface area contributed by atoms with Crippen molar-refractivity contribution in [3.05, 3.63) is 23.0 Å². The summed E-state index contributed by atoms with van der Waals surface area (Å²) < 4.78 is 11.3. The third-order valence-electron chi connectivity index (χ3n) is 2.68. The van der Waals surface area contributed by atoms with Crippen LogP contribution in [0, 0.1) is 6.92 Å². The van der Waals surface area contributed by atoms with Crippen molar-refractivity contribution in [2.45, 2.75) is 20.8 Å². The summed E-state index contributed by atoms with van der Waals surface area (Å²) in [5.74, 6) is -1.69. The second-order valence-corrected chi connectivity index (χ2v) is 3.90. The molecule has 1 rings (SSSR count). The van der Waals surface area contributed by atoms with E-state index in [1.165, 1.54) is 6.20 Å². The van der Waals surface area contributed by atoms with E-state index >= 15 is 0 Å². The third kappa shape index (κ3) is 3.01. The first-order chi connectivity index (χ1) is 8.93. The van der Waals surface area contributed by atoms with Crippen molar-refractivity contribution < 1.29 is 28.7 Å². The molecule has 1 aromatic heterocycles. The van der Waals surface area contributed by atoms with Crippen molar-refractivity contribution in [3.63, 3.8) is 0 Å². The van der Waals surface area contributed by atoms with Gasteiger partial charge in [-0.05, 0) is 13.8 Å². The zero-order valence-corrected chi connectivity index (χ0v) is 11.5. The Labute approximate surface area is 111 Å². The minimum absolute atomic E-state index is 0.00843. The summed E-state index contributed by atoms with van der Waals surface area (Å²) in [7, 11) is 1.66. The molecular formula is C13H18NO5+. The Morgan fingerprint density at radius 3 is 2.26 bits per heavy atom. The first-order valence-corrected chi connectivity index (χ1v) is 6.00. The van der Waals surface area contributed by atoms with Crippen LogP contribution < -0.4 is 4.57 Å². The highest BCUT2D eigenvalue weighted by atomic mass is 16.5. The van der Waals surface area contributed by atoms with E-state index in [1.807, 2.05) is 0 Å². The van der Waals surface area contributed by atoms with Crippen LogP contribution in [-0.4, -0.2) is 30.3 Å². The second-order valence-electron chi connectivity index (χ2n) is 3.90. The van der Waals surface area contributed by atoms with Gasteiger partial charge < -0.3 is 14.6 Å². The van der Waals surface area contributed by atoms with Gasteiger partial charge >= 0.3 is 11.9 Å². The van der Waals surface area contributed by atoms with E-state index in [0.717, 1.165) is 0 Å². The van der Waals surface area contributed by atoms with Gasteiger partial charge in [0.15, 0.2) is 11.9 Å². The Balaban J connectivity index is 3.43. The lowest BCUT2D eigenvalue weighted by molar-refractivity contribution is -0.678. The molecule has 0 bridgehead atoms. The molecule has 19 heavy (non-hydrogen) atoms. The number of rotatable bonds is 4. The number of hydrogen-bond donors (Lipinski definition) is 1. The molecule has 0 aliphatic rings. The Kier molecular flexibility index (Phi) is 4.86. The molecule has 0 radical (unpaired) electrons. The first kappa shape index (κ1) is 14.9. The zero-order valence-electron chi connectivity index (χ0n) is 11.5. The van der Waals surface area contributed by atoms with Gasteiger partial charge in [0.1, 0.15) is 18.2 Å². The maximum Gasteiger partial charge on any atom is 0.345 e. The van der Waals surface area contributed by atoms with E-state index in [4.69, 9.17) is 9.47 Å². The van der Waals surface area contributed by atoms with Crippen LogP contribution in [0.5, 0.6) is 5.75 Å². The van der Waals surface area contributed by atoms with Crippen LogP contribution in [0.4, 0.5) is 0 Å². The van der Waals surface area contributed by atoms with Crippen molar-refractivity contribution in [1.29, 1.82) is 0 Å². The van der Waals surface area contributed by atoms with Crippen LogP contribution in [0.25, 0.3) is 0 Å². The summed E-state index contributed by atoms with van der Waals surface area (Å²) in [6, 6.07) is 0. The van der Waals surface area contributed by atoms with Gasteiger partial charge in [0.2, 0.25) is 5.69 Å². The minimum Gasteiger partial charge on any atom is -0.502 e. The van der Waals surface area contributed by atoms with Gasteiger partial charge in [-0.25, -0.2) is 14.2 Å². The average molecular weight is 268 g/mol.